The number of aliphatic hydroxyl groups is 1. The van der Waals surface area contributed by atoms with Crippen molar-refractivity contribution in [2.45, 2.75) is 12.5 Å². The highest BCUT2D eigenvalue weighted by Crippen LogP contribution is 2.29. The van der Waals surface area contributed by atoms with E-state index in [4.69, 9.17) is 0 Å². The summed E-state index contributed by atoms with van der Waals surface area (Å²) < 4.78 is 0. The topological polar surface area (TPSA) is 43.8 Å². The minimum Gasteiger partial charge on any atom is -0.396 e. The normalized spacial score (nSPS) is 17.8. The highest BCUT2D eigenvalue weighted by Gasteiger charge is 2.27. The van der Waals surface area contributed by atoms with Crippen molar-refractivity contribution >= 4 is 16.7 Å². The van der Waals surface area contributed by atoms with Gasteiger partial charge in [-0.1, -0.05) is 54.6 Å². The number of amides is 1. The number of piperazine rings is 1. The Morgan fingerprint density at radius 3 is 2.54 bits per heavy atom. The maximum absolute atomic E-state index is 13.0. The van der Waals surface area contributed by atoms with Crippen LogP contribution in [0, 0.1) is 0 Å². The molecule has 4 heteroatoms. The fraction of sp³-hybridized carbons (Fsp3) is 0.292. The highest BCUT2D eigenvalue weighted by molar-refractivity contribution is 5.98. The zero-order valence-corrected chi connectivity index (χ0v) is 16.2. The molecule has 1 saturated heterocycles. The summed E-state index contributed by atoms with van der Waals surface area (Å²) in [6.07, 6.45) is 0.695. The summed E-state index contributed by atoms with van der Waals surface area (Å²) in [5.41, 5.74) is 3.01. The third-order valence-electron chi connectivity index (χ3n) is 5.76. The summed E-state index contributed by atoms with van der Waals surface area (Å²) >= 11 is 0. The standard InChI is InChI=1S/C24H26N2O2/c1-25-14-15-26(17-21(25)13-16-27)24(28)20-11-9-19(10-12-20)23-8-4-6-18-5-2-3-7-22(18)23/h2-12,21,27H,13-17H2,1H3/t21-/m0/s1. The second-order valence-electron chi connectivity index (χ2n) is 7.50. The van der Waals surface area contributed by atoms with Gasteiger partial charge in [-0.3, -0.25) is 9.69 Å². The fourth-order valence-corrected chi connectivity index (χ4v) is 4.04. The van der Waals surface area contributed by atoms with Crippen molar-refractivity contribution in [2.75, 3.05) is 33.3 Å². The van der Waals surface area contributed by atoms with E-state index < -0.39 is 0 Å². The molecule has 1 fully saturated rings. The van der Waals surface area contributed by atoms with Crippen molar-refractivity contribution in [3.05, 3.63) is 72.3 Å². The summed E-state index contributed by atoms with van der Waals surface area (Å²) in [6, 6.07) is 22.8. The van der Waals surface area contributed by atoms with Crippen LogP contribution in [0.4, 0.5) is 0 Å². The molecule has 0 saturated carbocycles. The van der Waals surface area contributed by atoms with E-state index in [-0.39, 0.29) is 18.6 Å². The van der Waals surface area contributed by atoms with Gasteiger partial charge in [0.25, 0.3) is 5.91 Å². The summed E-state index contributed by atoms with van der Waals surface area (Å²) in [5.74, 6) is 0.0699. The SMILES string of the molecule is CN1CCN(C(=O)c2ccc(-c3cccc4ccccc34)cc2)C[C@@H]1CCO. The van der Waals surface area contributed by atoms with E-state index in [2.05, 4.69) is 48.3 Å². The van der Waals surface area contributed by atoms with Gasteiger partial charge in [-0.2, -0.15) is 0 Å². The quantitative estimate of drug-likeness (QED) is 0.758. The van der Waals surface area contributed by atoms with Crippen molar-refractivity contribution in [3.63, 3.8) is 0 Å². The number of carbonyl (C=O) groups is 1. The fourth-order valence-electron chi connectivity index (χ4n) is 4.04. The predicted octanol–water partition coefficient (Wildman–Crippen LogP) is 3.65. The average Bonchev–Trinajstić information content (AvgIpc) is 2.75. The number of hydrogen-bond acceptors (Lipinski definition) is 3. The number of carbonyl (C=O) groups excluding carboxylic acids is 1. The molecule has 4 nitrogen and oxygen atoms in total. The molecule has 0 radical (unpaired) electrons. The Hall–Kier alpha value is -2.69. The van der Waals surface area contributed by atoms with Gasteiger partial charge < -0.3 is 10.0 Å². The molecule has 3 aromatic carbocycles. The van der Waals surface area contributed by atoms with Gasteiger partial charge in [0, 0.05) is 37.8 Å². The van der Waals surface area contributed by atoms with E-state index in [0.717, 1.165) is 24.2 Å². The average molecular weight is 374 g/mol. The first-order valence-corrected chi connectivity index (χ1v) is 9.86. The summed E-state index contributed by atoms with van der Waals surface area (Å²) in [7, 11) is 2.06. The van der Waals surface area contributed by atoms with Crippen molar-refractivity contribution in [1.29, 1.82) is 0 Å². The second-order valence-corrected chi connectivity index (χ2v) is 7.50. The first-order chi connectivity index (χ1) is 13.7. The molecule has 1 N–H and O–H groups in total. The van der Waals surface area contributed by atoms with E-state index >= 15 is 0 Å². The van der Waals surface area contributed by atoms with Crippen molar-refractivity contribution in [2.24, 2.45) is 0 Å². The van der Waals surface area contributed by atoms with Gasteiger partial charge >= 0.3 is 0 Å². The molecule has 1 aliphatic heterocycles. The Balaban J connectivity index is 1.55. The molecule has 0 aromatic heterocycles. The van der Waals surface area contributed by atoms with Crippen molar-refractivity contribution in [3.8, 4) is 11.1 Å². The molecule has 3 aromatic rings. The lowest BCUT2D eigenvalue weighted by atomic mass is 9.97. The monoisotopic (exact) mass is 374 g/mol. The molecule has 1 aliphatic rings. The Kier molecular flexibility index (Phi) is 5.42. The van der Waals surface area contributed by atoms with Crippen LogP contribution in [0.2, 0.25) is 0 Å². The number of aliphatic hydroxyl groups excluding tert-OH is 1. The summed E-state index contributed by atoms with van der Waals surface area (Å²) in [4.78, 5) is 17.1. The Morgan fingerprint density at radius 1 is 1.00 bits per heavy atom. The lowest BCUT2D eigenvalue weighted by Gasteiger charge is -2.39. The molecular weight excluding hydrogens is 348 g/mol. The predicted molar refractivity (Wildman–Crippen MR) is 113 cm³/mol. The van der Waals surface area contributed by atoms with Crippen LogP contribution in [0.15, 0.2) is 66.7 Å². The molecule has 0 bridgehead atoms. The second kappa shape index (κ2) is 8.13. The van der Waals surface area contributed by atoms with Crippen LogP contribution < -0.4 is 0 Å². The Labute approximate surface area is 166 Å². The van der Waals surface area contributed by atoms with Crippen LogP contribution in [0.1, 0.15) is 16.8 Å². The molecular formula is C24H26N2O2. The third-order valence-corrected chi connectivity index (χ3v) is 5.76. The number of nitrogens with zero attached hydrogens (tertiary/aromatic N) is 2. The van der Waals surface area contributed by atoms with Crippen LogP contribution in [0.5, 0.6) is 0 Å². The molecule has 28 heavy (non-hydrogen) atoms. The van der Waals surface area contributed by atoms with E-state index in [1.54, 1.807) is 0 Å². The summed E-state index contributed by atoms with van der Waals surface area (Å²) in [5, 5.41) is 11.7. The van der Waals surface area contributed by atoms with Crippen LogP contribution in [0.25, 0.3) is 21.9 Å². The molecule has 0 unspecified atom stereocenters. The minimum absolute atomic E-state index is 0.0699. The lowest BCUT2D eigenvalue weighted by Crippen LogP contribution is -2.53. The van der Waals surface area contributed by atoms with E-state index in [1.165, 1.54) is 16.3 Å². The van der Waals surface area contributed by atoms with E-state index in [9.17, 15) is 9.90 Å². The van der Waals surface area contributed by atoms with Crippen molar-refractivity contribution in [1.82, 2.24) is 9.80 Å². The van der Waals surface area contributed by atoms with Crippen LogP contribution in [-0.2, 0) is 0 Å². The lowest BCUT2D eigenvalue weighted by molar-refractivity contribution is 0.0500. The largest absolute Gasteiger partial charge is 0.396 e. The van der Waals surface area contributed by atoms with Gasteiger partial charge in [0.2, 0.25) is 0 Å². The third kappa shape index (κ3) is 3.66. The molecule has 1 heterocycles. The van der Waals surface area contributed by atoms with Gasteiger partial charge in [-0.05, 0) is 47.5 Å². The van der Waals surface area contributed by atoms with E-state index in [1.807, 2.05) is 35.2 Å². The zero-order valence-electron chi connectivity index (χ0n) is 16.2. The maximum atomic E-state index is 13.0. The van der Waals surface area contributed by atoms with Crippen molar-refractivity contribution < 1.29 is 9.90 Å². The van der Waals surface area contributed by atoms with Gasteiger partial charge in [0.1, 0.15) is 0 Å². The van der Waals surface area contributed by atoms with E-state index in [0.29, 0.717) is 13.0 Å². The number of rotatable bonds is 4. The smallest absolute Gasteiger partial charge is 0.253 e. The van der Waals surface area contributed by atoms with Crippen LogP contribution in [0.3, 0.4) is 0 Å². The van der Waals surface area contributed by atoms with Gasteiger partial charge in [-0.25, -0.2) is 0 Å². The van der Waals surface area contributed by atoms with Gasteiger partial charge in [0.05, 0.1) is 0 Å². The molecule has 1 amide bonds. The Morgan fingerprint density at radius 2 is 1.75 bits per heavy atom. The summed E-state index contributed by atoms with van der Waals surface area (Å²) in [6.45, 7) is 2.38. The Bertz CT molecular complexity index is 963. The number of fused-ring (bicyclic) bond motifs is 1. The zero-order chi connectivity index (χ0) is 19.5. The number of likely N-dealkylation sites (N-methyl/N-ethyl adjacent to an activating group) is 1. The molecule has 0 spiro atoms. The first kappa shape index (κ1) is 18.7. The molecule has 1 atom stereocenters. The number of hydrogen-bond donors (Lipinski definition) is 1. The first-order valence-electron chi connectivity index (χ1n) is 9.86. The molecule has 144 valence electrons. The molecule has 0 aliphatic carbocycles. The maximum Gasteiger partial charge on any atom is 0.253 e. The van der Waals surface area contributed by atoms with Crippen LogP contribution in [-0.4, -0.2) is 60.1 Å². The highest BCUT2D eigenvalue weighted by atomic mass is 16.3. The van der Waals surface area contributed by atoms with Gasteiger partial charge in [0.15, 0.2) is 0 Å². The molecule has 4 rings (SSSR count). The van der Waals surface area contributed by atoms with Gasteiger partial charge in [-0.15, -0.1) is 0 Å². The number of benzene rings is 3. The minimum atomic E-state index is 0.0699. The van der Waals surface area contributed by atoms with Crippen LogP contribution >= 0.6 is 0 Å².